The first kappa shape index (κ1) is 20.9. The molecule has 7 nitrogen and oxygen atoms in total. The van der Waals surface area contributed by atoms with Crippen molar-refractivity contribution in [2.24, 2.45) is 11.8 Å². The average Bonchev–Trinajstić information content (AvgIpc) is 2.68. The first-order valence-corrected chi connectivity index (χ1v) is 9.95. The Morgan fingerprint density at radius 1 is 1.24 bits per heavy atom. The van der Waals surface area contributed by atoms with Crippen LogP contribution in [0.15, 0.2) is 27.4 Å². The lowest BCUT2D eigenvalue weighted by Crippen LogP contribution is -2.40. The number of amides is 1. The Morgan fingerprint density at radius 2 is 1.93 bits per heavy atom. The summed E-state index contributed by atoms with van der Waals surface area (Å²) in [6.45, 7) is 5.80. The van der Waals surface area contributed by atoms with Gasteiger partial charge in [0.1, 0.15) is 11.3 Å². The second-order valence-corrected chi connectivity index (χ2v) is 7.86. The smallest absolute Gasteiger partial charge is 0.336 e. The summed E-state index contributed by atoms with van der Waals surface area (Å²) in [7, 11) is 0. The molecule has 1 aromatic carbocycles. The number of rotatable bonds is 6. The number of carbonyl (C=O) groups excluding carboxylic acids is 2. The number of carboxylic acid groups (broad SMARTS) is 1. The van der Waals surface area contributed by atoms with E-state index in [1.807, 2.05) is 13.0 Å². The zero-order valence-electron chi connectivity index (χ0n) is 16.9. The molecule has 7 heteroatoms. The summed E-state index contributed by atoms with van der Waals surface area (Å²) in [5, 5.41) is 14.6. The molecule has 1 aromatic heterocycles. The van der Waals surface area contributed by atoms with Gasteiger partial charge in [0.25, 0.3) is 5.91 Å². The number of carbonyl (C=O) groups is 2. The van der Waals surface area contributed by atoms with Crippen molar-refractivity contribution in [1.82, 2.24) is 5.32 Å². The van der Waals surface area contributed by atoms with Gasteiger partial charge >= 0.3 is 5.63 Å². The summed E-state index contributed by atoms with van der Waals surface area (Å²) < 4.78 is 11.1. The summed E-state index contributed by atoms with van der Waals surface area (Å²) in [6, 6.07) is 5.03. The topological polar surface area (TPSA) is 109 Å². The Morgan fingerprint density at radius 3 is 2.59 bits per heavy atom. The van der Waals surface area contributed by atoms with Gasteiger partial charge in [0.05, 0.1) is 0 Å². The van der Waals surface area contributed by atoms with E-state index in [0.29, 0.717) is 36.3 Å². The summed E-state index contributed by atoms with van der Waals surface area (Å²) in [6.07, 6.45) is 1.99. The van der Waals surface area contributed by atoms with Gasteiger partial charge in [-0.3, -0.25) is 4.79 Å². The van der Waals surface area contributed by atoms with Crippen molar-refractivity contribution in [3.8, 4) is 5.75 Å². The van der Waals surface area contributed by atoms with E-state index in [-0.39, 0.29) is 17.7 Å². The van der Waals surface area contributed by atoms with Gasteiger partial charge in [-0.05, 0) is 76.0 Å². The van der Waals surface area contributed by atoms with Crippen LogP contribution in [0.4, 0.5) is 0 Å². The number of nitrogens with one attached hydrogen (secondary N) is 1. The molecule has 2 aromatic rings. The number of hydrogen-bond acceptors (Lipinski definition) is 6. The lowest BCUT2D eigenvalue weighted by molar-refractivity contribution is -0.312. The standard InChI is InChI=1S/C22H27NO6/c1-12-10-19(24)29-20-13(2)18(9-8-17(12)20)28-14(3)21(25)23-11-15-4-6-16(7-5-15)22(26)27/h8-10,14-16H,4-7,11H2,1-3H3,(H,23,25)(H,26,27)/p-1/t14-,15?,16?/m0/s1. The van der Waals surface area contributed by atoms with Crippen LogP contribution in [0.25, 0.3) is 11.0 Å². The fourth-order valence-electron chi connectivity index (χ4n) is 3.86. The Kier molecular flexibility index (Phi) is 6.25. The maximum absolute atomic E-state index is 12.4. The Hall–Kier alpha value is -2.83. The molecule has 156 valence electrons. The molecule has 0 spiro atoms. The molecule has 1 aliphatic carbocycles. The molecule has 1 amide bonds. The molecule has 1 atom stereocenters. The highest BCUT2D eigenvalue weighted by molar-refractivity contribution is 5.85. The van der Waals surface area contributed by atoms with Crippen molar-refractivity contribution in [3.05, 3.63) is 39.7 Å². The van der Waals surface area contributed by atoms with E-state index in [2.05, 4.69) is 5.32 Å². The number of benzene rings is 1. The highest BCUT2D eigenvalue weighted by Crippen LogP contribution is 2.29. The van der Waals surface area contributed by atoms with Crippen molar-refractivity contribution in [3.63, 3.8) is 0 Å². The minimum atomic E-state index is -0.980. The summed E-state index contributed by atoms with van der Waals surface area (Å²) >= 11 is 0. The first-order valence-electron chi connectivity index (χ1n) is 9.95. The molecule has 0 saturated heterocycles. The Bertz CT molecular complexity index is 971. The minimum absolute atomic E-state index is 0.239. The highest BCUT2D eigenvalue weighted by atomic mass is 16.5. The predicted octanol–water partition coefficient (Wildman–Crippen LogP) is 1.85. The van der Waals surface area contributed by atoms with E-state index in [9.17, 15) is 19.5 Å². The molecule has 1 aliphatic rings. The molecule has 0 radical (unpaired) electrons. The molecule has 0 aliphatic heterocycles. The summed E-state index contributed by atoms with van der Waals surface area (Å²) in [4.78, 5) is 35.0. The Labute approximate surface area is 169 Å². The zero-order chi connectivity index (χ0) is 21.1. The van der Waals surface area contributed by atoms with E-state index >= 15 is 0 Å². The molecule has 3 rings (SSSR count). The molecule has 29 heavy (non-hydrogen) atoms. The second kappa shape index (κ2) is 8.68. The van der Waals surface area contributed by atoms with Crippen LogP contribution in [0, 0.1) is 25.7 Å². The van der Waals surface area contributed by atoms with Gasteiger partial charge in [-0.15, -0.1) is 0 Å². The van der Waals surface area contributed by atoms with Gasteiger partial charge in [-0.2, -0.15) is 0 Å². The first-order chi connectivity index (χ1) is 13.8. The van der Waals surface area contributed by atoms with Crippen LogP contribution in [0.3, 0.4) is 0 Å². The quantitative estimate of drug-likeness (QED) is 0.741. The average molecular weight is 400 g/mol. The van der Waals surface area contributed by atoms with E-state index in [0.717, 1.165) is 23.8 Å². The van der Waals surface area contributed by atoms with Gasteiger partial charge in [-0.1, -0.05) is 0 Å². The van der Waals surface area contributed by atoms with Crippen molar-refractivity contribution < 1.29 is 23.8 Å². The number of aryl methyl sites for hydroxylation is 2. The molecule has 1 saturated carbocycles. The monoisotopic (exact) mass is 400 g/mol. The van der Waals surface area contributed by atoms with Crippen LogP contribution >= 0.6 is 0 Å². The van der Waals surface area contributed by atoms with Crippen LogP contribution in [0.1, 0.15) is 43.7 Å². The molecular weight excluding hydrogens is 374 g/mol. The maximum Gasteiger partial charge on any atom is 0.336 e. The summed E-state index contributed by atoms with van der Waals surface area (Å²) in [5.41, 5.74) is 1.54. The molecular formula is C22H26NO6-. The van der Waals surface area contributed by atoms with E-state index < -0.39 is 17.7 Å². The number of hydrogen-bond donors (Lipinski definition) is 1. The number of carboxylic acids is 1. The minimum Gasteiger partial charge on any atom is -0.550 e. The third-order valence-electron chi connectivity index (χ3n) is 5.74. The normalized spacial score (nSPS) is 20.2. The number of fused-ring (bicyclic) bond motifs is 1. The second-order valence-electron chi connectivity index (χ2n) is 7.86. The SMILES string of the molecule is Cc1cc(=O)oc2c(C)c(O[C@@H](C)C(=O)NCC3CCC(C(=O)[O-])CC3)ccc12. The largest absolute Gasteiger partial charge is 0.550 e. The van der Waals surface area contributed by atoms with Crippen LogP contribution in [-0.2, 0) is 9.59 Å². The van der Waals surface area contributed by atoms with Gasteiger partial charge < -0.3 is 24.4 Å². The van der Waals surface area contributed by atoms with Crippen LogP contribution in [0.2, 0.25) is 0 Å². The Balaban J connectivity index is 1.59. The van der Waals surface area contributed by atoms with Crippen LogP contribution in [0.5, 0.6) is 5.75 Å². The van der Waals surface area contributed by atoms with Crippen LogP contribution in [-0.4, -0.2) is 24.5 Å². The van der Waals surface area contributed by atoms with E-state index in [1.54, 1.807) is 19.9 Å². The van der Waals surface area contributed by atoms with Crippen molar-refractivity contribution in [2.45, 2.75) is 52.6 Å². The van der Waals surface area contributed by atoms with Crippen LogP contribution < -0.4 is 20.8 Å². The van der Waals surface area contributed by atoms with Gasteiger partial charge in [0.2, 0.25) is 0 Å². The molecule has 1 fully saturated rings. The zero-order valence-corrected chi connectivity index (χ0v) is 16.9. The predicted molar refractivity (Wildman–Crippen MR) is 106 cm³/mol. The molecule has 0 unspecified atom stereocenters. The van der Waals surface area contributed by atoms with Gasteiger partial charge in [0, 0.05) is 29.5 Å². The third-order valence-corrected chi connectivity index (χ3v) is 5.74. The lowest BCUT2D eigenvalue weighted by Gasteiger charge is -2.29. The molecule has 0 bridgehead atoms. The maximum atomic E-state index is 12.4. The third kappa shape index (κ3) is 4.78. The van der Waals surface area contributed by atoms with Crippen molar-refractivity contribution >= 4 is 22.8 Å². The van der Waals surface area contributed by atoms with Gasteiger partial charge in [-0.25, -0.2) is 4.79 Å². The van der Waals surface area contributed by atoms with E-state index in [1.165, 1.54) is 6.07 Å². The fraction of sp³-hybridized carbons (Fsp3) is 0.500. The molecule has 1 N–H and O–H groups in total. The summed E-state index contributed by atoms with van der Waals surface area (Å²) in [5.74, 6) is -0.836. The van der Waals surface area contributed by atoms with Crippen molar-refractivity contribution in [1.29, 1.82) is 0 Å². The lowest BCUT2D eigenvalue weighted by atomic mass is 9.82. The van der Waals surface area contributed by atoms with E-state index in [4.69, 9.17) is 9.15 Å². The number of aliphatic carboxylic acids is 1. The highest BCUT2D eigenvalue weighted by Gasteiger charge is 2.23. The fourth-order valence-corrected chi connectivity index (χ4v) is 3.86. The van der Waals surface area contributed by atoms with Gasteiger partial charge in [0.15, 0.2) is 6.10 Å². The molecule has 1 heterocycles. The van der Waals surface area contributed by atoms with Crippen molar-refractivity contribution in [2.75, 3.05) is 6.54 Å². The number of ether oxygens (including phenoxy) is 1.